The van der Waals surface area contributed by atoms with Crippen LogP contribution >= 0.6 is 11.8 Å². The Morgan fingerprint density at radius 2 is 2.15 bits per heavy atom. The molecule has 0 radical (unpaired) electrons. The Morgan fingerprint density at radius 1 is 1.31 bits per heavy atom. The van der Waals surface area contributed by atoms with Crippen LogP contribution in [0.1, 0.15) is 35.0 Å². The Balaban J connectivity index is 1.85. The third-order valence-electron chi connectivity index (χ3n) is 3.92. The highest BCUT2D eigenvalue weighted by Crippen LogP contribution is 2.28. The fraction of sp³-hybridized carbons (Fsp3) is 0.316. The third-order valence-corrected chi connectivity index (χ3v) is 4.89. The van der Waals surface area contributed by atoms with Gasteiger partial charge >= 0.3 is 5.97 Å². The number of aryl methyl sites for hydroxylation is 1. The Hall–Kier alpha value is -2.54. The van der Waals surface area contributed by atoms with Crippen molar-refractivity contribution in [3.8, 4) is 11.4 Å². The molecule has 0 saturated heterocycles. The van der Waals surface area contributed by atoms with E-state index in [4.69, 9.17) is 9.15 Å². The highest BCUT2D eigenvalue weighted by molar-refractivity contribution is 7.98. The summed E-state index contributed by atoms with van der Waals surface area (Å²) in [5.41, 5.74) is 2.67. The molecular weight excluding hydrogens is 350 g/mol. The van der Waals surface area contributed by atoms with Crippen molar-refractivity contribution in [1.82, 2.24) is 14.8 Å². The zero-order valence-electron chi connectivity index (χ0n) is 15.1. The number of ether oxygens (including phenoxy) is 1. The predicted octanol–water partition coefficient (Wildman–Crippen LogP) is 4.34. The molecule has 0 spiro atoms. The van der Waals surface area contributed by atoms with Crippen molar-refractivity contribution in [1.29, 1.82) is 0 Å². The van der Waals surface area contributed by atoms with E-state index in [-0.39, 0.29) is 0 Å². The Bertz CT molecular complexity index is 901. The van der Waals surface area contributed by atoms with Crippen LogP contribution in [0.4, 0.5) is 0 Å². The van der Waals surface area contributed by atoms with E-state index in [1.54, 1.807) is 6.07 Å². The molecule has 1 aromatic carbocycles. The van der Waals surface area contributed by atoms with E-state index in [1.807, 2.05) is 12.1 Å². The van der Waals surface area contributed by atoms with E-state index in [1.165, 1.54) is 30.7 Å². The van der Waals surface area contributed by atoms with Crippen LogP contribution in [-0.2, 0) is 17.0 Å². The van der Waals surface area contributed by atoms with Gasteiger partial charge in [0.15, 0.2) is 11.0 Å². The van der Waals surface area contributed by atoms with Gasteiger partial charge < -0.3 is 13.7 Å². The second kappa shape index (κ2) is 8.23. The minimum atomic E-state index is -0.398. The van der Waals surface area contributed by atoms with E-state index in [9.17, 15) is 4.79 Å². The number of furan rings is 1. The maximum atomic E-state index is 11.8. The lowest BCUT2D eigenvalue weighted by Crippen LogP contribution is -2.04. The predicted molar refractivity (Wildman–Crippen MR) is 100 cm³/mol. The fourth-order valence-electron chi connectivity index (χ4n) is 2.69. The molecule has 6 nitrogen and oxygen atoms in total. The van der Waals surface area contributed by atoms with Gasteiger partial charge in [0.25, 0.3) is 0 Å². The van der Waals surface area contributed by atoms with Crippen LogP contribution in [0.3, 0.4) is 0 Å². The number of hydrogen-bond donors (Lipinski definition) is 0. The van der Waals surface area contributed by atoms with Crippen molar-refractivity contribution in [3.05, 3.63) is 53.5 Å². The summed E-state index contributed by atoms with van der Waals surface area (Å²) in [6, 6.07) is 9.85. The quantitative estimate of drug-likeness (QED) is 0.455. The third kappa shape index (κ3) is 3.83. The van der Waals surface area contributed by atoms with Crippen molar-refractivity contribution >= 4 is 17.7 Å². The average molecular weight is 371 g/mol. The largest absolute Gasteiger partial charge is 0.468 e. The summed E-state index contributed by atoms with van der Waals surface area (Å²) >= 11 is 1.49. The minimum Gasteiger partial charge on any atom is -0.468 e. The van der Waals surface area contributed by atoms with Gasteiger partial charge in [-0.15, -0.1) is 10.2 Å². The molecule has 7 heteroatoms. The smallest absolute Gasteiger partial charge is 0.341 e. The van der Waals surface area contributed by atoms with E-state index < -0.39 is 5.97 Å². The first kappa shape index (κ1) is 18.3. The van der Waals surface area contributed by atoms with Gasteiger partial charge in [0.05, 0.1) is 19.1 Å². The lowest BCUT2D eigenvalue weighted by molar-refractivity contribution is 0.0598. The number of rotatable bonds is 7. The van der Waals surface area contributed by atoms with Crippen LogP contribution in [0, 0.1) is 6.92 Å². The number of hydrogen-bond acceptors (Lipinski definition) is 6. The number of thioether (sulfide) groups is 1. The SMILES string of the molecule is CCCn1c(SCc2occc2C(=O)OC)nnc1-c1cccc(C)c1. The molecule has 136 valence electrons. The van der Waals surface area contributed by atoms with E-state index >= 15 is 0 Å². The Labute approximate surface area is 156 Å². The first-order chi connectivity index (χ1) is 12.6. The Kier molecular flexibility index (Phi) is 5.78. The van der Waals surface area contributed by atoms with Gasteiger partial charge in [0, 0.05) is 12.1 Å². The fourth-order valence-corrected chi connectivity index (χ4v) is 3.61. The van der Waals surface area contributed by atoms with Crippen molar-refractivity contribution in [2.24, 2.45) is 0 Å². The summed E-state index contributed by atoms with van der Waals surface area (Å²) in [7, 11) is 1.36. The number of aromatic nitrogens is 3. The maximum absolute atomic E-state index is 11.8. The van der Waals surface area contributed by atoms with Crippen LogP contribution < -0.4 is 0 Å². The van der Waals surface area contributed by atoms with Gasteiger partial charge in [-0.1, -0.05) is 42.4 Å². The van der Waals surface area contributed by atoms with Gasteiger partial charge in [-0.3, -0.25) is 0 Å². The van der Waals surface area contributed by atoms with Crippen molar-refractivity contribution in [2.75, 3.05) is 7.11 Å². The zero-order chi connectivity index (χ0) is 18.5. The summed E-state index contributed by atoms with van der Waals surface area (Å²) in [5.74, 6) is 1.51. The molecule has 0 atom stereocenters. The number of esters is 1. The molecule has 2 heterocycles. The maximum Gasteiger partial charge on any atom is 0.341 e. The van der Waals surface area contributed by atoms with E-state index in [0.29, 0.717) is 17.1 Å². The summed E-state index contributed by atoms with van der Waals surface area (Å²) in [5, 5.41) is 9.54. The molecule has 0 fully saturated rings. The van der Waals surface area contributed by atoms with Crippen LogP contribution in [-0.4, -0.2) is 27.8 Å². The molecule has 0 aliphatic carbocycles. The normalized spacial score (nSPS) is 10.9. The van der Waals surface area contributed by atoms with Crippen LogP contribution in [0.25, 0.3) is 11.4 Å². The van der Waals surface area contributed by atoms with Crippen LogP contribution in [0.15, 0.2) is 46.2 Å². The Morgan fingerprint density at radius 3 is 2.88 bits per heavy atom. The van der Waals surface area contributed by atoms with Gasteiger partial charge in [-0.05, 0) is 25.5 Å². The molecule has 3 aromatic rings. The van der Waals surface area contributed by atoms with Crippen molar-refractivity contribution < 1.29 is 13.9 Å². The number of carbonyl (C=O) groups is 1. The lowest BCUT2D eigenvalue weighted by atomic mass is 10.1. The lowest BCUT2D eigenvalue weighted by Gasteiger charge is -2.09. The van der Waals surface area contributed by atoms with Gasteiger partial charge in [0.2, 0.25) is 0 Å². The molecule has 0 aliphatic rings. The number of carbonyl (C=O) groups excluding carboxylic acids is 1. The zero-order valence-corrected chi connectivity index (χ0v) is 15.9. The molecule has 0 aliphatic heterocycles. The summed E-state index contributed by atoms with van der Waals surface area (Å²) < 4.78 is 12.3. The van der Waals surface area contributed by atoms with E-state index in [0.717, 1.165) is 29.5 Å². The van der Waals surface area contributed by atoms with Crippen molar-refractivity contribution in [3.63, 3.8) is 0 Å². The monoisotopic (exact) mass is 371 g/mol. The number of benzene rings is 1. The highest BCUT2D eigenvalue weighted by Gasteiger charge is 2.18. The summed E-state index contributed by atoms with van der Waals surface area (Å²) in [4.78, 5) is 11.8. The molecule has 3 rings (SSSR count). The number of methoxy groups -OCH3 is 1. The molecule has 0 N–H and O–H groups in total. The molecular formula is C19H21N3O3S. The van der Waals surface area contributed by atoms with Gasteiger partial charge in [0.1, 0.15) is 11.3 Å². The standard InChI is InChI=1S/C19H21N3O3S/c1-4-9-22-17(14-7-5-6-13(2)11-14)20-21-19(22)26-12-16-15(8-10-25-16)18(23)24-3/h5-8,10-11H,4,9,12H2,1-3H3. The summed E-state index contributed by atoms with van der Waals surface area (Å²) in [6.07, 6.45) is 2.47. The minimum absolute atomic E-state index is 0.398. The molecule has 0 unspecified atom stereocenters. The van der Waals surface area contributed by atoms with Gasteiger partial charge in [-0.25, -0.2) is 4.79 Å². The van der Waals surface area contributed by atoms with Gasteiger partial charge in [-0.2, -0.15) is 0 Å². The topological polar surface area (TPSA) is 70.2 Å². The molecule has 0 bridgehead atoms. The van der Waals surface area contributed by atoms with Crippen LogP contribution in [0.5, 0.6) is 0 Å². The molecule has 0 saturated carbocycles. The second-order valence-corrected chi connectivity index (χ2v) is 6.81. The van der Waals surface area contributed by atoms with E-state index in [2.05, 4.69) is 40.7 Å². The number of nitrogens with zero attached hydrogens (tertiary/aromatic N) is 3. The average Bonchev–Trinajstić information content (AvgIpc) is 3.26. The van der Waals surface area contributed by atoms with Crippen LogP contribution in [0.2, 0.25) is 0 Å². The first-order valence-electron chi connectivity index (χ1n) is 8.41. The molecule has 0 amide bonds. The molecule has 26 heavy (non-hydrogen) atoms. The second-order valence-electron chi connectivity index (χ2n) is 5.87. The first-order valence-corrected chi connectivity index (χ1v) is 9.40. The molecule has 2 aromatic heterocycles. The highest BCUT2D eigenvalue weighted by atomic mass is 32.2. The van der Waals surface area contributed by atoms with Crippen molar-refractivity contribution in [2.45, 2.75) is 37.7 Å². The summed E-state index contributed by atoms with van der Waals surface area (Å²) in [6.45, 7) is 5.00.